The number of hydrogen-bond donors (Lipinski definition) is 0. The second kappa shape index (κ2) is 2.39. The van der Waals surface area contributed by atoms with Crippen LogP contribution in [-0.2, 0) is 0 Å². The van der Waals surface area contributed by atoms with Crippen molar-refractivity contribution in [3.05, 3.63) is 0 Å². The molecule has 0 aromatic heterocycles. The minimum absolute atomic E-state index is 0.980. The summed E-state index contributed by atoms with van der Waals surface area (Å²) in [7, 11) is 2.41. The highest BCUT2D eigenvalue weighted by Crippen LogP contribution is 2.18. The van der Waals surface area contributed by atoms with Gasteiger partial charge < -0.3 is 0 Å². The molecule has 0 nitrogen and oxygen atoms in total. The molecule has 1 heterocycles. The van der Waals surface area contributed by atoms with Crippen molar-refractivity contribution in [2.75, 3.05) is 0 Å². The molecule has 0 aliphatic carbocycles. The fraction of sp³-hybridized carbons (Fsp3) is 1.00. The molecule has 0 N–H and O–H groups in total. The number of hydrogen-bond acceptors (Lipinski definition) is 0. The summed E-state index contributed by atoms with van der Waals surface area (Å²) in [6.07, 6.45) is 5.61. The van der Waals surface area contributed by atoms with Gasteiger partial charge in [-0.25, -0.2) is 0 Å². The van der Waals surface area contributed by atoms with Crippen LogP contribution in [0.1, 0.15) is 19.8 Å². The topological polar surface area (TPSA) is 0 Å². The first-order valence-corrected chi connectivity index (χ1v) is 3.21. The smallest absolute Gasteiger partial charge is 0.0803 e. The van der Waals surface area contributed by atoms with Crippen LogP contribution < -0.4 is 0 Å². The van der Waals surface area contributed by atoms with Crippen molar-refractivity contribution >= 4 is 7.28 Å². The Morgan fingerprint density at radius 3 is 2.71 bits per heavy atom. The second-order valence-electron chi connectivity index (χ2n) is 2.56. The quantitative estimate of drug-likeness (QED) is 0.403. The molecule has 1 rings (SSSR count). The predicted molar refractivity (Wildman–Crippen MR) is 33.8 cm³/mol. The van der Waals surface area contributed by atoms with Crippen molar-refractivity contribution in [1.29, 1.82) is 0 Å². The van der Waals surface area contributed by atoms with Crippen LogP contribution in [0.3, 0.4) is 0 Å². The van der Waals surface area contributed by atoms with Gasteiger partial charge in [0.15, 0.2) is 0 Å². The van der Waals surface area contributed by atoms with Gasteiger partial charge in [0.1, 0.15) is 7.28 Å². The molecule has 0 unspecified atom stereocenters. The minimum atomic E-state index is 0.980. The maximum Gasteiger partial charge on any atom is 0.109 e. The van der Waals surface area contributed by atoms with Crippen LogP contribution in [0.25, 0.3) is 0 Å². The van der Waals surface area contributed by atoms with Crippen LogP contribution in [0.4, 0.5) is 0 Å². The molecule has 7 heavy (non-hydrogen) atoms. The third kappa shape index (κ3) is 1.54. The Balaban J connectivity index is 2.12. The van der Waals surface area contributed by atoms with Gasteiger partial charge in [-0.3, -0.25) is 0 Å². The highest BCUT2D eigenvalue weighted by Gasteiger charge is 2.07. The lowest BCUT2D eigenvalue weighted by molar-refractivity contribution is 0.550. The summed E-state index contributed by atoms with van der Waals surface area (Å²) >= 11 is 0. The molecule has 1 atom stereocenters. The minimum Gasteiger partial charge on any atom is -0.0803 e. The summed E-state index contributed by atoms with van der Waals surface area (Å²) in [5, 5.41) is 0. The average Bonchev–Trinajstić information content (AvgIpc) is 1.69. The molecule has 1 heteroatoms. The first-order valence-electron chi connectivity index (χ1n) is 3.21. The van der Waals surface area contributed by atoms with Crippen molar-refractivity contribution in [3.8, 4) is 0 Å². The lowest BCUT2D eigenvalue weighted by atomic mass is 9.61. The second-order valence-corrected chi connectivity index (χ2v) is 2.56. The predicted octanol–water partition coefficient (Wildman–Crippen LogP) is 1.96. The zero-order valence-electron chi connectivity index (χ0n) is 4.98. The molecule has 0 bridgehead atoms. The maximum atomic E-state index is 2.41. The van der Waals surface area contributed by atoms with Crippen LogP contribution in [-0.4, -0.2) is 7.28 Å². The van der Waals surface area contributed by atoms with E-state index >= 15 is 0 Å². The van der Waals surface area contributed by atoms with Crippen molar-refractivity contribution in [2.45, 2.75) is 32.4 Å². The summed E-state index contributed by atoms with van der Waals surface area (Å²) in [5.74, 6) is 0.980. The van der Waals surface area contributed by atoms with Gasteiger partial charge in [-0.1, -0.05) is 38.3 Å². The van der Waals surface area contributed by atoms with Gasteiger partial charge in [-0.05, 0) is 0 Å². The van der Waals surface area contributed by atoms with Gasteiger partial charge in [0.2, 0.25) is 0 Å². The summed E-state index contributed by atoms with van der Waals surface area (Å²) in [4.78, 5) is 0. The van der Waals surface area contributed by atoms with E-state index in [4.69, 9.17) is 0 Å². The molecule has 1 aliphatic rings. The zero-order chi connectivity index (χ0) is 5.11. The molecule has 1 fully saturated rings. The highest BCUT2D eigenvalue weighted by atomic mass is 14.0. The Hall–Kier alpha value is 0.0649. The molecule has 1 aliphatic heterocycles. The average molecular weight is 95.0 g/mol. The maximum absolute atomic E-state index is 2.41. The molecule has 39 valence electrons. The first-order chi connectivity index (χ1) is 3.39. The molecular formula is C6H12B. The first kappa shape index (κ1) is 5.21. The van der Waals surface area contributed by atoms with E-state index in [0.717, 1.165) is 5.92 Å². The standard InChI is InChI=1S/C6H12B/c1-6-3-2-4-7-5-6/h6H,2-5H2,1H3/t6-/m1/s1. The van der Waals surface area contributed by atoms with Crippen molar-refractivity contribution in [3.63, 3.8) is 0 Å². The van der Waals surface area contributed by atoms with E-state index in [9.17, 15) is 0 Å². The lowest BCUT2D eigenvalue weighted by Crippen LogP contribution is -2.05. The van der Waals surface area contributed by atoms with Crippen LogP contribution in [0.15, 0.2) is 0 Å². The van der Waals surface area contributed by atoms with Gasteiger partial charge in [0.25, 0.3) is 0 Å². The molecule has 0 aromatic carbocycles. The lowest BCUT2D eigenvalue weighted by Gasteiger charge is -2.14. The largest absolute Gasteiger partial charge is 0.109 e. The van der Waals surface area contributed by atoms with Gasteiger partial charge in [-0.2, -0.15) is 0 Å². The molecule has 0 amide bonds. The summed E-state index contributed by atoms with van der Waals surface area (Å²) in [6, 6.07) is 0. The van der Waals surface area contributed by atoms with Crippen LogP contribution in [0.2, 0.25) is 12.6 Å². The molecule has 0 aromatic rings. The van der Waals surface area contributed by atoms with Crippen LogP contribution in [0, 0.1) is 5.92 Å². The van der Waals surface area contributed by atoms with Crippen molar-refractivity contribution in [2.24, 2.45) is 5.92 Å². The monoisotopic (exact) mass is 95.1 g/mol. The number of rotatable bonds is 0. The van der Waals surface area contributed by atoms with E-state index in [1.807, 2.05) is 0 Å². The Morgan fingerprint density at radius 1 is 1.57 bits per heavy atom. The molecule has 1 radical (unpaired) electrons. The summed E-state index contributed by atoms with van der Waals surface area (Å²) in [6.45, 7) is 2.33. The van der Waals surface area contributed by atoms with Crippen molar-refractivity contribution in [1.82, 2.24) is 0 Å². The Kier molecular flexibility index (Phi) is 1.78. The fourth-order valence-electron chi connectivity index (χ4n) is 1.13. The molecular weight excluding hydrogens is 82.9 g/mol. The fourth-order valence-corrected chi connectivity index (χ4v) is 1.13. The van der Waals surface area contributed by atoms with Crippen LogP contribution in [0.5, 0.6) is 0 Å². The van der Waals surface area contributed by atoms with Gasteiger partial charge >= 0.3 is 0 Å². The van der Waals surface area contributed by atoms with E-state index in [1.165, 1.54) is 25.5 Å². The third-order valence-electron chi connectivity index (χ3n) is 1.67. The Bertz CT molecular complexity index is 46.1. The van der Waals surface area contributed by atoms with E-state index in [1.54, 1.807) is 0 Å². The Labute approximate surface area is 46.5 Å². The Morgan fingerprint density at radius 2 is 2.43 bits per heavy atom. The van der Waals surface area contributed by atoms with Gasteiger partial charge in [-0.15, -0.1) is 0 Å². The SMILES string of the molecule is C[C@H]1C[B]CCC1. The van der Waals surface area contributed by atoms with E-state index in [-0.39, 0.29) is 0 Å². The third-order valence-corrected chi connectivity index (χ3v) is 1.67. The zero-order valence-corrected chi connectivity index (χ0v) is 4.98. The normalized spacial score (nSPS) is 31.9. The van der Waals surface area contributed by atoms with E-state index < -0.39 is 0 Å². The molecule has 0 saturated carbocycles. The highest BCUT2D eigenvalue weighted by molar-refractivity contribution is 6.35. The van der Waals surface area contributed by atoms with E-state index in [0.29, 0.717) is 0 Å². The van der Waals surface area contributed by atoms with E-state index in [2.05, 4.69) is 14.2 Å². The molecule has 0 spiro atoms. The summed E-state index contributed by atoms with van der Waals surface area (Å²) in [5.41, 5.74) is 0. The summed E-state index contributed by atoms with van der Waals surface area (Å²) < 4.78 is 0. The molecule has 1 saturated heterocycles. The van der Waals surface area contributed by atoms with Crippen molar-refractivity contribution < 1.29 is 0 Å². The van der Waals surface area contributed by atoms with Gasteiger partial charge in [0.05, 0.1) is 0 Å². The van der Waals surface area contributed by atoms with Crippen LogP contribution >= 0.6 is 0 Å². The van der Waals surface area contributed by atoms with Gasteiger partial charge in [0, 0.05) is 0 Å².